The summed E-state index contributed by atoms with van der Waals surface area (Å²) >= 11 is 6.33. The second-order valence-electron chi connectivity index (χ2n) is 7.78. The van der Waals surface area contributed by atoms with Gasteiger partial charge in [-0.25, -0.2) is 14.8 Å². The third-order valence-corrected chi connectivity index (χ3v) is 5.72. The highest BCUT2D eigenvalue weighted by molar-refractivity contribution is 6.34. The van der Waals surface area contributed by atoms with Crippen molar-refractivity contribution < 1.29 is 9.53 Å². The van der Waals surface area contributed by atoms with E-state index in [1.165, 1.54) is 0 Å². The van der Waals surface area contributed by atoms with Crippen LogP contribution < -0.4 is 26.8 Å². The molecule has 0 unspecified atom stereocenters. The minimum Gasteiger partial charge on any atom is -0.497 e. The van der Waals surface area contributed by atoms with Crippen LogP contribution in [-0.2, 0) is 6.54 Å². The average Bonchev–Trinajstić information content (AvgIpc) is 2.90. The Labute approximate surface area is 213 Å². The monoisotopic (exact) mass is 501 g/mol. The van der Waals surface area contributed by atoms with Crippen LogP contribution in [0.4, 0.5) is 22.1 Å². The summed E-state index contributed by atoms with van der Waals surface area (Å²) in [5.41, 5.74) is 16.1. The maximum Gasteiger partial charge on any atom is 0.320 e. The average molecular weight is 502 g/mol. The molecular weight excluding hydrogens is 478 g/mol. The smallest absolute Gasteiger partial charge is 0.320 e. The van der Waals surface area contributed by atoms with E-state index < -0.39 is 6.03 Å². The molecule has 3 aromatic carbocycles. The van der Waals surface area contributed by atoms with Crippen molar-refractivity contribution in [2.24, 2.45) is 0 Å². The first-order valence-electron chi connectivity index (χ1n) is 10.9. The van der Waals surface area contributed by atoms with E-state index in [9.17, 15) is 4.79 Å². The molecule has 0 bridgehead atoms. The van der Waals surface area contributed by atoms with Crippen LogP contribution in [0.3, 0.4) is 0 Å². The normalized spacial score (nSPS) is 10.5. The van der Waals surface area contributed by atoms with Gasteiger partial charge in [0.1, 0.15) is 5.75 Å². The summed E-state index contributed by atoms with van der Waals surface area (Å²) < 4.78 is 5.15. The van der Waals surface area contributed by atoms with Crippen molar-refractivity contribution in [3.05, 3.63) is 82.9 Å². The summed E-state index contributed by atoms with van der Waals surface area (Å²) in [6, 6.07) is 19.5. The number of halogens is 1. The van der Waals surface area contributed by atoms with E-state index in [0.29, 0.717) is 22.5 Å². The van der Waals surface area contributed by atoms with Crippen molar-refractivity contribution in [2.45, 2.75) is 6.54 Å². The second kappa shape index (κ2) is 10.7. The summed E-state index contributed by atoms with van der Waals surface area (Å²) in [5, 5.41) is 13.4. The fourth-order valence-electron chi connectivity index (χ4n) is 3.51. The predicted octanol–water partition coefficient (Wildman–Crippen LogP) is 4.96. The number of amides is 2. The lowest BCUT2D eigenvalue weighted by Crippen LogP contribution is -2.29. The van der Waals surface area contributed by atoms with Gasteiger partial charge in [-0.15, -0.1) is 0 Å². The van der Waals surface area contributed by atoms with Crippen LogP contribution in [0, 0.1) is 5.41 Å². The number of hydrogen-bond donors (Lipinski definition) is 5. The molecule has 4 rings (SSSR count). The highest BCUT2D eigenvalue weighted by Crippen LogP contribution is 2.36. The minimum absolute atomic E-state index is 0.0472. The van der Waals surface area contributed by atoms with E-state index in [1.807, 2.05) is 54.6 Å². The van der Waals surface area contributed by atoms with Crippen molar-refractivity contribution in [1.29, 1.82) is 5.41 Å². The van der Waals surface area contributed by atoms with E-state index in [4.69, 9.17) is 33.2 Å². The molecule has 9 nitrogen and oxygen atoms in total. The molecule has 0 saturated carbocycles. The van der Waals surface area contributed by atoms with Crippen LogP contribution in [0.15, 0.2) is 66.7 Å². The van der Waals surface area contributed by atoms with Gasteiger partial charge in [0, 0.05) is 29.4 Å². The van der Waals surface area contributed by atoms with Crippen molar-refractivity contribution in [3.63, 3.8) is 0 Å². The number of ether oxygens (including phenoxy) is 1. The number of hydrogen-bond acceptors (Lipinski definition) is 7. The molecule has 0 atom stereocenters. The first kappa shape index (κ1) is 24.5. The largest absolute Gasteiger partial charge is 0.497 e. The van der Waals surface area contributed by atoms with E-state index in [1.54, 1.807) is 19.2 Å². The summed E-state index contributed by atoms with van der Waals surface area (Å²) in [5.74, 6) is 0.860. The Morgan fingerprint density at radius 3 is 2.39 bits per heavy atom. The molecule has 1 heterocycles. The van der Waals surface area contributed by atoms with E-state index in [-0.39, 0.29) is 28.9 Å². The van der Waals surface area contributed by atoms with Gasteiger partial charge in [0.15, 0.2) is 11.6 Å². The third-order valence-electron chi connectivity index (χ3n) is 5.40. The van der Waals surface area contributed by atoms with Gasteiger partial charge in [-0.1, -0.05) is 54.1 Å². The molecule has 4 aromatic rings. The predicted molar refractivity (Wildman–Crippen MR) is 143 cm³/mol. The number of benzene rings is 3. The Kier molecular flexibility index (Phi) is 7.31. The second-order valence-corrected chi connectivity index (χ2v) is 8.19. The number of methoxy groups -OCH3 is 1. The molecule has 182 valence electrons. The van der Waals surface area contributed by atoms with Crippen LogP contribution in [0.5, 0.6) is 5.75 Å². The number of carbonyl (C=O) groups excluding carboxylic acids is 1. The zero-order valence-corrected chi connectivity index (χ0v) is 20.1. The van der Waals surface area contributed by atoms with E-state index >= 15 is 0 Å². The van der Waals surface area contributed by atoms with Gasteiger partial charge in [-0.05, 0) is 29.8 Å². The van der Waals surface area contributed by atoms with Crippen LogP contribution in [0.25, 0.3) is 22.5 Å². The van der Waals surface area contributed by atoms with E-state index in [0.717, 1.165) is 23.1 Å². The highest BCUT2D eigenvalue weighted by atomic mass is 35.5. The van der Waals surface area contributed by atoms with Crippen LogP contribution in [0.2, 0.25) is 5.02 Å². The number of aromatic nitrogens is 2. The topological polar surface area (TPSA) is 152 Å². The lowest BCUT2D eigenvalue weighted by atomic mass is 10.0. The fourth-order valence-corrected chi connectivity index (χ4v) is 3.74. The molecule has 0 aliphatic carbocycles. The number of carbonyl (C=O) groups is 1. The molecule has 0 aliphatic heterocycles. The van der Waals surface area contributed by atoms with Crippen molar-refractivity contribution in [3.8, 4) is 28.3 Å². The Morgan fingerprint density at radius 2 is 1.72 bits per heavy atom. The first-order chi connectivity index (χ1) is 17.4. The third kappa shape index (κ3) is 5.37. The number of rotatable bonds is 7. The maximum atomic E-state index is 12.6. The molecule has 7 N–H and O–H groups in total. The van der Waals surface area contributed by atoms with Crippen LogP contribution in [0.1, 0.15) is 11.1 Å². The minimum atomic E-state index is -0.499. The zero-order chi connectivity index (χ0) is 25.7. The molecule has 0 aliphatic rings. The highest BCUT2D eigenvalue weighted by Gasteiger charge is 2.19. The summed E-state index contributed by atoms with van der Waals surface area (Å²) in [6.45, 7) is 0.286. The van der Waals surface area contributed by atoms with Crippen molar-refractivity contribution in [2.75, 3.05) is 23.9 Å². The van der Waals surface area contributed by atoms with Gasteiger partial charge in [0.25, 0.3) is 0 Å². The van der Waals surface area contributed by atoms with Crippen molar-refractivity contribution in [1.82, 2.24) is 15.3 Å². The number of nitrogen functional groups attached to an aromatic ring is 2. The first-order valence-corrected chi connectivity index (χ1v) is 11.3. The van der Waals surface area contributed by atoms with Crippen LogP contribution in [-0.4, -0.2) is 29.3 Å². The molecule has 10 heteroatoms. The standard InChI is InChI=1S/C26H24ClN7O2/c1-36-19-9-7-15(8-10-19)14-31-26(35)34-25-24(30)32-22(16-5-3-2-4-6-16)23(33-25)17-11-18(13-28)21(29)20(27)12-17/h2-13,28H,14,29H2,1H3,(H2,30,32)(H2,31,33,34,35). The maximum absolute atomic E-state index is 12.6. The van der Waals surface area contributed by atoms with Crippen LogP contribution >= 0.6 is 11.6 Å². The van der Waals surface area contributed by atoms with Crippen molar-refractivity contribution >= 4 is 41.2 Å². The number of anilines is 3. The molecule has 0 radical (unpaired) electrons. The molecule has 0 fully saturated rings. The number of urea groups is 1. The number of nitrogens with zero attached hydrogens (tertiary/aromatic N) is 2. The lowest BCUT2D eigenvalue weighted by Gasteiger charge is -2.15. The Hall–Kier alpha value is -4.63. The van der Waals surface area contributed by atoms with Gasteiger partial charge < -0.3 is 26.9 Å². The van der Waals surface area contributed by atoms with Gasteiger partial charge in [-0.3, -0.25) is 5.32 Å². The summed E-state index contributed by atoms with van der Waals surface area (Å²) in [7, 11) is 1.59. The Bertz CT molecular complexity index is 1410. The number of nitrogens with two attached hydrogens (primary N) is 2. The number of nitrogens with one attached hydrogen (secondary N) is 3. The Balaban J connectivity index is 1.67. The molecular formula is C26H24ClN7O2. The zero-order valence-electron chi connectivity index (χ0n) is 19.4. The Morgan fingerprint density at radius 1 is 1.03 bits per heavy atom. The van der Waals surface area contributed by atoms with Gasteiger partial charge in [-0.2, -0.15) is 0 Å². The van der Waals surface area contributed by atoms with Gasteiger partial charge in [0.05, 0.1) is 29.2 Å². The molecule has 2 amide bonds. The molecule has 0 spiro atoms. The summed E-state index contributed by atoms with van der Waals surface area (Å²) in [4.78, 5) is 21.8. The van der Waals surface area contributed by atoms with E-state index in [2.05, 4.69) is 20.6 Å². The molecule has 1 aromatic heterocycles. The van der Waals surface area contributed by atoms with Gasteiger partial charge >= 0.3 is 6.03 Å². The van der Waals surface area contributed by atoms with Gasteiger partial charge in [0.2, 0.25) is 0 Å². The quantitative estimate of drug-likeness (QED) is 0.178. The fraction of sp³-hybridized carbons (Fsp3) is 0.0769. The SMILES string of the molecule is COc1ccc(CNC(=O)Nc2nc(-c3cc(Cl)c(N)c(C=N)c3)c(-c3ccccc3)nc2N)cc1. The molecule has 36 heavy (non-hydrogen) atoms. The lowest BCUT2D eigenvalue weighted by molar-refractivity contribution is 0.251. The molecule has 0 saturated heterocycles. The summed E-state index contributed by atoms with van der Waals surface area (Å²) in [6.07, 6.45) is 1.11.